The number of amides is 2. The fourth-order valence-electron chi connectivity index (χ4n) is 2.45. The quantitative estimate of drug-likeness (QED) is 0.660. The Bertz CT molecular complexity index is 688. The standard InChI is InChI=1S/C17H19FN4O2/c1-13(23)21-5-7-22(8-6-21)17(24)15(10-19)12-20-11-14-3-2-4-16(18)9-14/h2-4,9,12,20H,5-8,11H2,1H3/b15-12-. The molecule has 0 saturated carbocycles. The van der Waals surface area contributed by atoms with Crippen LogP contribution in [0.1, 0.15) is 12.5 Å². The van der Waals surface area contributed by atoms with Crippen molar-refractivity contribution in [1.29, 1.82) is 5.26 Å². The molecule has 0 aliphatic carbocycles. The van der Waals surface area contributed by atoms with E-state index in [1.807, 2.05) is 6.07 Å². The minimum Gasteiger partial charge on any atom is -0.386 e. The van der Waals surface area contributed by atoms with Gasteiger partial charge in [-0.1, -0.05) is 12.1 Å². The molecule has 126 valence electrons. The smallest absolute Gasteiger partial charge is 0.266 e. The second kappa shape index (κ2) is 8.11. The van der Waals surface area contributed by atoms with Gasteiger partial charge in [-0.05, 0) is 17.7 Å². The van der Waals surface area contributed by atoms with Crippen LogP contribution in [0.15, 0.2) is 36.0 Å². The maximum absolute atomic E-state index is 13.1. The highest BCUT2D eigenvalue weighted by Gasteiger charge is 2.24. The van der Waals surface area contributed by atoms with Crippen LogP contribution < -0.4 is 5.32 Å². The second-order valence-corrected chi connectivity index (χ2v) is 5.48. The lowest BCUT2D eigenvalue weighted by molar-refractivity contribution is -0.136. The monoisotopic (exact) mass is 330 g/mol. The van der Waals surface area contributed by atoms with Crippen LogP contribution in [0.2, 0.25) is 0 Å². The first kappa shape index (κ1) is 17.5. The van der Waals surface area contributed by atoms with Gasteiger partial charge in [-0.3, -0.25) is 9.59 Å². The van der Waals surface area contributed by atoms with E-state index in [0.717, 1.165) is 0 Å². The average molecular weight is 330 g/mol. The third-order valence-electron chi connectivity index (χ3n) is 3.80. The van der Waals surface area contributed by atoms with E-state index in [2.05, 4.69) is 5.32 Å². The van der Waals surface area contributed by atoms with Crippen molar-refractivity contribution in [2.24, 2.45) is 0 Å². The highest BCUT2D eigenvalue weighted by molar-refractivity contribution is 5.97. The van der Waals surface area contributed by atoms with Crippen LogP contribution in [0.3, 0.4) is 0 Å². The van der Waals surface area contributed by atoms with Crippen molar-refractivity contribution in [1.82, 2.24) is 15.1 Å². The number of halogens is 1. The van der Waals surface area contributed by atoms with E-state index in [4.69, 9.17) is 0 Å². The van der Waals surface area contributed by atoms with Gasteiger partial charge in [0, 0.05) is 45.8 Å². The minimum absolute atomic E-state index is 0.0114. The van der Waals surface area contributed by atoms with E-state index in [0.29, 0.717) is 38.3 Å². The van der Waals surface area contributed by atoms with Crippen LogP contribution in [0.25, 0.3) is 0 Å². The molecule has 24 heavy (non-hydrogen) atoms. The van der Waals surface area contributed by atoms with Crippen molar-refractivity contribution in [3.05, 3.63) is 47.4 Å². The lowest BCUT2D eigenvalue weighted by Gasteiger charge is -2.34. The van der Waals surface area contributed by atoms with Crippen LogP contribution in [-0.2, 0) is 16.1 Å². The predicted octanol–water partition coefficient (Wildman–Crippen LogP) is 1.01. The Hall–Kier alpha value is -2.88. The van der Waals surface area contributed by atoms with Gasteiger partial charge < -0.3 is 15.1 Å². The molecular formula is C17H19FN4O2. The zero-order chi connectivity index (χ0) is 17.5. The first-order chi connectivity index (χ1) is 11.5. The van der Waals surface area contributed by atoms with E-state index in [9.17, 15) is 19.2 Å². The summed E-state index contributed by atoms with van der Waals surface area (Å²) in [4.78, 5) is 26.8. The van der Waals surface area contributed by atoms with Gasteiger partial charge >= 0.3 is 0 Å². The summed E-state index contributed by atoms with van der Waals surface area (Å²) in [6, 6.07) is 7.97. The minimum atomic E-state index is -0.368. The number of benzene rings is 1. The molecule has 7 heteroatoms. The van der Waals surface area contributed by atoms with Crippen LogP contribution >= 0.6 is 0 Å². The summed E-state index contributed by atoms with van der Waals surface area (Å²) < 4.78 is 13.1. The summed E-state index contributed by atoms with van der Waals surface area (Å²) in [6.07, 6.45) is 1.35. The maximum atomic E-state index is 13.1. The van der Waals surface area contributed by atoms with Crippen molar-refractivity contribution in [3.8, 4) is 6.07 Å². The van der Waals surface area contributed by atoms with E-state index in [-0.39, 0.29) is 23.2 Å². The van der Waals surface area contributed by atoms with Crippen LogP contribution in [0.5, 0.6) is 0 Å². The Morgan fingerprint density at radius 1 is 1.29 bits per heavy atom. The molecule has 1 aromatic carbocycles. The molecule has 0 atom stereocenters. The average Bonchev–Trinajstić information content (AvgIpc) is 2.58. The molecule has 0 spiro atoms. The summed E-state index contributed by atoms with van der Waals surface area (Å²) in [6.45, 7) is 3.55. The summed E-state index contributed by atoms with van der Waals surface area (Å²) in [5.74, 6) is -0.722. The number of nitriles is 1. The van der Waals surface area contributed by atoms with Gasteiger partial charge in [-0.25, -0.2) is 4.39 Å². The first-order valence-corrected chi connectivity index (χ1v) is 7.64. The largest absolute Gasteiger partial charge is 0.386 e. The fraction of sp³-hybridized carbons (Fsp3) is 0.353. The molecule has 0 bridgehead atoms. The van der Waals surface area contributed by atoms with E-state index in [1.165, 1.54) is 25.3 Å². The normalized spacial score (nSPS) is 15.0. The topological polar surface area (TPSA) is 76.4 Å². The van der Waals surface area contributed by atoms with Crippen molar-refractivity contribution in [3.63, 3.8) is 0 Å². The predicted molar refractivity (Wildman–Crippen MR) is 85.8 cm³/mol. The zero-order valence-electron chi connectivity index (χ0n) is 13.5. The van der Waals surface area contributed by atoms with E-state index >= 15 is 0 Å². The molecule has 2 rings (SSSR count). The molecule has 0 radical (unpaired) electrons. The number of carbonyl (C=O) groups excluding carboxylic acids is 2. The van der Waals surface area contributed by atoms with Gasteiger partial charge in [-0.15, -0.1) is 0 Å². The van der Waals surface area contributed by atoms with E-state index < -0.39 is 0 Å². The number of rotatable bonds is 4. The molecule has 1 aliphatic rings. The third-order valence-corrected chi connectivity index (χ3v) is 3.80. The van der Waals surface area contributed by atoms with Gasteiger partial charge in [-0.2, -0.15) is 5.26 Å². The molecule has 1 saturated heterocycles. The molecule has 1 aliphatic heterocycles. The summed E-state index contributed by atoms with van der Waals surface area (Å²) >= 11 is 0. The van der Waals surface area contributed by atoms with Crippen LogP contribution in [-0.4, -0.2) is 47.8 Å². The Balaban J connectivity index is 1.92. The summed E-state index contributed by atoms with van der Waals surface area (Å²) in [5, 5.41) is 12.0. The van der Waals surface area contributed by atoms with Crippen molar-refractivity contribution in [2.45, 2.75) is 13.5 Å². The van der Waals surface area contributed by atoms with Gasteiger partial charge in [0.2, 0.25) is 5.91 Å². The SMILES string of the molecule is CC(=O)N1CCN(C(=O)/C(C#N)=C\NCc2cccc(F)c2)CC1. The summed E-state index contributed by atoms with van der Waals surface area (Å²) in [7, 11) is 0. The molecule has 0 unspecified atom stereocenters. The van der Waals surface area contributed by atoms with Crippen molar-refractivity contribution in [2.75, 3.05) is 26.2 Å². The number of nitrogens with zero attached hydrogens (tertiary/aromatic N) is 3. The molecule has 2 amide bonds. The molecular weight excluding hydrogens is 311 g/mol. The second-order valence-electron chi connectivity index (χ2n) is 5.48. The number of hydrogen-bond donors (Lipinski definition) is 1. The summed E-state index contributed by atoms with van der Waals surface area (Å²) in [5.41, 5.74) is 0.703. The molecule has 1 aromatic rings. The van der Waals surface area contributed by atoms with Gasteiger partial charge in [0.1, 0.15) is 17.5 Å². The fourth-order valence-corrected chi connectivity index (χ4v) is 2.45. The number of hydrogen-bond acceptors (Lipinski definition) is 4. The Morgan fingerprint density at radius 2 is 1.96 bits per heavy atom. The first-order valence-electron chi connectivity index (χ1n) is 7.64. The van der Waals surface area contributed by atoms with Gasteiger partial charge in [0.25, 0.3) is 5.91 Å². The Kier molecular flexibility index (Phi) is 5.90. The Morgan fingerprint density at radius 3 is 2.54 bits per heavy atom. The highest BCUT2D eigenvalue weighted by atomic mass is 19.1. The maximum Gasteiger partial charge on any atom is 0.266 e. The van der Waals surface area contributed by atoms with Gasteiger partial charge in [0.15, 0.2) is 0 Å². The third kappa shape index (κ3) is 4.56. The zero-order valence-corrected chi connectivity index (χ0v) is 13.5. The molecule has 1 fully saturated rings. The molecule has 1 N–H and O–H groups in total. The van der Waals surface area contributed by atoms with Crippen molar-refractivity contribution < 1.29 is 14.0 Å². The number of piperazine rings is 1. The lowest BCUT2D eigenvalue weighted by Crippen LogP contribution is -2.50. The molecule has 0 aromatic heterocycles. The van der Waals surface area contributed by atoms with Crippen molar-refractivity contribution >= 4 is 11.8 Å². The highest BCUT2D eigenvalue weighted by Crippen LogP contribution is 2.07. The number of nitrogens with one attached hydrogen (secondary N) is 1. The van der Waals surface area contributed by atoms with E-state index in [1.54, 1.807) is 21.9 Å². The van der Waals surface area contributed by atoms with Crippen LogP contribution in [0, 0.1) is 17.1 Å². The Labute approximate surface area is 140 Å². The van der Waals surface area contributed by atoms with Gasteiger partial charge in [0.05, 0.1) is 0 Å². The molecule has 6 nitrogen and oxygen atoms in total. The van der Waals surface area contributed by atoms with Crippen LogP contribution in [0.4, 0.5) is 4.39 Å². The lowest BCUT2D eigenvalue weighted by atomic mass is 10.2. The number of carbonyl (C=O) groups is 2. The molecule has 1 heterocycles.